The molecule has 0 saturated carbocycles. The monoisotopic (exact) mass is 256 g/mol. The van der Waals surface area contributed by atoms with Crippen LogP contribution in [0, 0.1) is 0 Å². The van der Waals surface area contributed by atoms with Gasteiger partial charge in [0, 0.05) is 6.61 Å². The van der Waals surface area contributed by atoms with Gasteiger partial charge >= 0.3 is 0 Å². The first-order valence-electron chi connectivity index (χ1n) is 7.59. The summed E-state index contributed by atoms with van der Waals surface area (Å²) in [4.78, 5) is 0. The lowest BCUT2D eigenvalue weighted by molar-refractivity contribution is -0.149. The summed E-state index contributed by atoms with van der Waals surface area (Å²) in [6, 6.07) is 0. The van der Waals surface area contributed by atoms with Gasteiger partial charge in [0.25, 0.3) is 0 Å². The van der Waals surface area contributed by atoms with Crippen molar-refractivity contribution >= 4 is 0 Å². The predicted molar refractivity (Wildman–Crippen MR) is 78.8 cm³/mol. The van der Waals surface area contributed by atoms with Gasteiger partial charge in [-0.05, 0) is 39.2 Å². The third-order valence-electron chi connectivity index (χ3n) is 3.11. The van der Waals surface area contributed by atoms with Crippen molar-refractivity contribution in [3.05, 3.63) is 11.6 Å². The molecule has 0 radical (unpaired) electrons. The highest BCUT2D eigenvalue weighted by atomic mass is 16.7. The fraction of sp³-hybridized carbons (Fsp3) is 0.875. The molecule has 0 N–H and O–H groups in total. The van der Waals surface area contributed by atoms with Crippen molar-refractivity contribution in [1.29, 1.82) is 0 Å². The van der Waals surface area contributed by atoms with Crippen molar-refractivity contribution in [1.82, 2.24) is 0 Å². The molecule has 2 heteroatoms. The second-order valence-corrected chi connectivity index (χ2v) is 4.85. The lowest BCUT2D eigenvalue weighted by Crippen LogP contribution is -2.23. The maximum atomic E-state index is 5.99. The van der Waals surface area contributed by atoms with Crippen molar-refractivity contribution in [3.63, 3.8) is 0 Å². The molecule has 0 aromatic rings. The molecule has 0 aliphatic carbocycles. The van der Waals surface area contributed by atoms with Crippen LogP contribution < -0.4 is 0 Å². The first-order chi connectivity index (χ1) is 8.65. The van der Waals surface area contributed by atoms with Gasteiger partial charge in [0.15, 0.2) is 6.29 Å². The van der Waals surface area contributed by atoms with Gasteiger partial charge in [-0.25, -0.2) is 0 Å². The van der Waals surface area contributed by atoms with E-state index >= 15 is 0 Å². The molecule has 2 atom stereocenters. The summed E-state index contributed by atoms with van der Waals surface area (Å²) in [6.07, 6.45) is 9.72. The summed E-state index contributed by atoms with van der Waals surface area (Å²) in [7, 11) is 0. The quantitative estimate of drug-likeness (QED) is 0.291. The molecule has 0 aromatic heterocycles. The predicted octanol–water partition coefficient (Wildman–Crippen LogP) is 5.08. The Morgan fingerprint density at radius 1 is 1.11 bits per heavy atom. The molecule has 0 aliphatic rings. The van der Waals surface area contributed by atoms with E-state index in [1.807, 2.05) is 13.8 Å². The number of hydrogen-bond donors (Lipinski definition) is 0. The molecule has 0 saturated heterocycles. The highest BCUT2D eigenvalue weighted by molar-refractivity contribution is 5.04. The Morgan fingerprint density at radius 2 is 1.83 bits per heavy atom. The highest BCUT2D eigenvalue weighted by Crippen LogP contribution is 2.18. The molecule has 2 unspecified atom stereocenters. The summed E-state index contributed by atoms with van der Waals surface area (Å²) < 4.78 is 11.5. The van der Waals surface area contributed by atoms with Gasteiger partial charge in [0.05, 0.1) is 6.10 Å². The molecule has 0 fully saturated rings. The summed E-state index contributed by atoms with van der Waals surface area (Å²) in [5.74, 6) is 0. The van der Waals surface area contributed by atoms with Gasteiger partial charge in [-0.3, -0.25) is 0 Å². The lowest BCUT2D eigenvalue weighted by Gasteiger charge is -2.23. The Kier molecular flexibility index (Phi) is 11.5. The number of unbranched alkanes of at least 4 members (excludes halogenated alkanes) is 3. The Morgan fingerprint density at radius 3 is 2.39 bits per heavy atom. The van der Waals surface area contributed by atoms with Crippen LogP contribution in [0.1, 0.15) is 73.1 Å². The van der Waals surface area contributed by atoms with E-state index in [2.05, 4.69) is 26.8 Å². The van der Waals surface area contributed by atoms with Crippen molar-refractivity contribution < 1.29 is 9.47 Å². The van der Waals surface area contributed by atoms with Crippen LogP contribution in [0.3, 0.4) is 0 Å². The number of allylic oxidation sites excluding steroid dienone is 1. The molecule has 108 valence electrons. The first kappa shape index (κ1) is 17.7. The van der Waals surface area contributed by atoms with E-state index in [0.29, 0.717) is 6.61 Å². The van der Waals surface area contributed by atoms with E-state index in [4.69, 9.17) is 9.47 Å². The normalized spacial score (nSPS) is 15.7. The molecule has 0 amide bonds. The number of ether oxygens (including phenoxy) is 2. The second-order valence-electron chi connectivity index (χ2n) is 4.85. The molecular formula is C16H32O2. The van der Waals surface area contributed by atoms with E-state index in [9.17, 15) is 0 Å². The minimum absolute atomic E-state index is 0.105. The second kappa shape index (κ2) is 11.7. The van der Waals surface area contributed by atoms with Gasteiger partial charge in [0.2, 0.25) is 0 Å². The number of rotatable bonds is 11. The van der Waals surface area contributed by atoms with E-state index < -0.39 is 0 Å². The Labute approximate surface area is 114 Å². The fourth-order valence-electron chi connectivity index (χ4n) is 2.12. The van der Waals surface area contributed by atoms with Crippen LogP contribution in [0.2, 0.25) is 0 Å². The summed E-state index contributed by atoms with van der Waals surface area (Å²) in [6.45, 7) is 11.3. The Balaban J connectivity index is 4.20. The molecule has 0 rings (SSSR count). The van der Waals surface area contributed by atoms with Crippen molar-refractivity contribution in [2.75, 3.05) is 6.61 Å². The summed E-state index contributed by atoms with van der Waals surface area (Å²) in [5, 5.41) is 0. The van der Waals surface area contributed by atoms with Gasteiger partial charge in [-0.15, -0.1) is 0 Å². The molecule has 0 aliphatic heterocycles. The standard InChI is InChI=1S/C16H32O2/c1-6-9-10-11-13-16(14(4)12-7-2)18-15(5)17-8-3/h12,15-16H,6-11,13H2,1-5H3. The molecule has 0 bridgehead atoms. The maximum Gasteiger partial charge on any atom is 0.155 e. The molecule has 18 heavy (non-hydrogen) atoms. The molecule has 0 spiro atoms. The van der Waals surface area contributed by atoms with Crippen LogP contribution in [0.5, 0.6) is 0 Å². The zero-order valence-electron chi connectivity index (χ0n) is 13.0. The van der Waals surface area contributed by atoms with Gasteiger partial charge in [0.1, 0.15) is 0 Å². The summed E-state index contributed by atoms with van der Waals surface area (Å²) >= 11 is 0. The van der Waals surface area contributed by atoms with E-state index in [0.717, 1.165) is 12.8 Å². The topological polar surface area (TPSA) is 18.5 Å². The van der Waals surface area contributed by atoms with E-state index in [1.165, 1.54) is 31.3 Å². The van der Waals surface area contributed by atoms with E-state index in [-0.39, 0.29) is 12.4 Å². The SMILES string of the molecule is CCC=C(C)C(CCCCCC)OC(C)OCC. The smallest absolute Gasteiger partial charge is 0.155 e. The van der Waals surface area contributed by atoms with Crippen LogP contribution in [0.15, 0.2) is 11.6 Å². The molecule has 2 nitrogen and oxygen atoms in total. The third-order valence-corrected chi connectivity index (χ3v) is 3.11. The lowest BCUT2D eigenvalue weighted by atomic mass is 10.0. The Bertz CT molecular complexity index is 211. The van der Waals surface area contributed by atoms with Gasteiger partial charge in [-0.2, -0.15) is 0 Å². The summed E-state index contributed by atoms with van der Waals surface area (Å²) in [5.41, 5.74) is 1.35. The van der Waals surface area contributed by atoms with Crippen molar-refractivity contribution in [2.45, 2.75) is 85.5 Å². The van der Waals surface area contributed by atoms with Crippen molar-refractivity contribution in [2.24, 2.45) is 0 Å². The van der Waals surface area contributed by atoms with Crippen LogP contribution in [-0.4, -0.2) is 19.0 Å². The molecular weight excluding hydrogens is 224 g/mol. The average Bonchev–Trinajstić information content (AvgIpc) is 2.33. The minimum Gasteiger partial charge on any atom is -0.353 e. The maximum absolute atomic E-state index is 5.99. The van der Waals surface area contributed by atoms with Crippen LogP contribution in [0.4, 0.5) is 0 Å². The van der Waals surface area contributed by atoms with Gasteiger partial charge < -0.3 is 9.47 Å². The zero-order valence-corrected chi connectivity index (χ0v) is 13.0. The average molecular weight is 256 g/mol. The highest BCUT2D eigenvalue weighted by Gasteiger charge is 2.14. The zero-order chi connectivity index (χ0) is 13.8. The van der Waals surface area contributed by atoms with Crippen LogP contribution >= 0.6 is 0 Å². The first-order valence-corrected chi connectivity index (χ1v) is 7.59. The molecule has 0 heterocycles. The molecule has 0 aromatic carbocycles. The van der Waals surface area contributed by atoms with Crippen molar-refractivity contribution in [3.8, 4) is 0 Å². The fourth-order valence-corrected chi connectivity index (χ4v) is 2.12. The number of hydrogen-bond acceptors (Lipinski definition) is 2. The van der Waals surface area contributed by atoms with E-state index in [1.54, 1.807) is 0 Å². The van der Waals surface area contributed by atoms with Gasteiger partial charge in [-0.1, -0.05) is 45.6 Å². The third kappa shape index (κ3) is 8.71. The van der Waals surface area contributed by atoms with Crippen LogP contribution in [-0.2, 0) is 9.47 Å². The largest absolute Gasteiger partial charge is 0.353 e. The minimum atomic E-state index is -0.105. The van der Waals surface area contributed by atoms with Crippen LogP contribution in [0.25, 0.3) is 0 Å². The Hall–Kier alpha value is -0.340.